The highest BCUT2D eigenvalue weighted by Crippen LogP contribution is 2.25. The normalized spacial score (nSPS) is 17.1. The molecule has 0 radical (unpaired) electrons. The predicted molar refractivity (Wildman–Crippen MR) is 105 cm³/mol. The average Bonchev–Trinajstić information content (AvgIpc) is 3.22. The average molecular weight is 404 g/mol. The van der Waals surface area contributed by atoms with Gasteiger partial charge in [-0.2, -0.15) is 0 Å². The quantitative estimate of drug-likeness (QED) is 0.215. The maximum absolute atomic E-state index is 12.9. The summed E-state index contributed by atoms with van der Waals surface area (Å²) in [6.45, 7) is 5.35. The van der Waals surface area contributed by atoms with Crippen molar-refractivity contribution in [2.24, 2.45) is 5.92 Å². The molecule has 0 saturated heterocycles. The first kappa shape index (κ1) is 22.6. The Balaban J connectivity index is 2.22. The van der Waals surface area contributed by atoms with Crippen LogP contribution in [0.5, 0.6) is 0 Å². The lowest BCUT2D eigenvalue weighted by Gasteiger charge is -2.25. The highest BCUT2D eigenvalue weighted by molar-refractivity contribution is 5.91. The molecule has 3 atom stereocenters. The van der Waals surface area contributed by atoms with E-state index in [9.17, 15) is 19.5 Å². The van der Waals surface area contributed by atoms with Crippen LogP contribution < -0.4 is 10.8 Å². The lowest BCUT2D eigenvalue weighted by molar-refractivity contribution is -0.154. The van der Waals surface area contributed by atoms with Crippen LogP contribution in [-0.4, -0.2) is 40.3 Å². The number of hydrogen-bond acceptors (Lipinski definition) is 6. The number of carbonyl (C=O) groups is 3. The molecule has 0 aromatic heterocycles. The second-order valence-electron chi connectivity index (χ2n) is 7.38. The lowest BCUT2D eigenvalue weighted by atomic mass is 9.93. The molecule has 1 fully saturated rings. The molecule has 1 aromatic carbocycles. The van der Waals surface area contributed by atoms with E-state index in [4.69, 9.17) is 9.94 Å². The van der Waals surface area contributed by atoms with Gasteiger partial charge in [0.15, 0.2) is 6.04 Å². The van der Waals surface area contributed by atoms with E-state index >= 15 is 0 Å². The van der Waals surface area contributed by atoms with E-state index in [0.717, 1.165) is 25.7 Å². The molecule has 2 rings (SSSR count). The standard InChI is InChI=1S/C21H28N2O6/c1-13(2)12-16(18(24)20(26)23-28)19(25)22-17(14-8-4-3-5-9-14)21(27)29-15-10-6-7-11-15/h3-5,8-9,15-18,24,28H,1,6-7,10-12H2,2H3,(H,22,25)(H,23,26)/t16-,17+,18+/m1/s1. The topological polar surface area (TPSA) is 125 Å². The van der Waals surface area contributed by atoms with Crippen molar-refractivity contribution in [1.82, 2.24) is 10.8 Å². The minimum atomic E-state index is -1.81. The molecule has 0 bridgehead atoms. The van der Waals surface area contributed by atoms with Crippen molar-refractivity contribution < 1.29 is 29.4 Å². The molecule has 158 valence electrons. The summed E-state index contributed by atoms with van der Waals surface area (Å²) in [4.78, 5) is 37.3. The van der Waals surface area contributed by atoms with Crippen LogP contribution in [0.1, 0.15) is 50.6 Å². The number of hydroxylamine groups is 1. The fourth-order valence-corrected chi connectivity index (χ4v) is 3.38. The van der Waals surface area contributed by atoms with Gasteiger partial charge in [-0.3, -0.25) is 14.8 Å². The second kappa shape index (κ2) is 10.7. The van der Waals surface area contributed by atoms with Crippen LogP contribution in [0.4, 0.5) is 0 Å². The molecule has 1 aromatic rings. The van der Waals surface area contributed by atoms with Gasteiger partial charge in [-0.25, -0.2) is 10.3 Å². The smallest absolute Gasteiger partial charge is 0.333 e. The molecule has 1 aliphatic rings. The molecule has 0 unspecified atom stereocenters. The highest BCUT2D eigenvalue weighted by Gasteiger charge is 2.35. The van der Waals surface area contributed by atoms with Gasteiger partial charge in [-0.15, -0.1) is 6.58 Å². The van der Waals surface area contributed by atoms with E-state index in [1.807, 2.05) is 0 Å². The Morgan fingerprint density at radius 2 is 1.79 bits per heavy atom. The number of amides is 2. The van der Waals surface area contributed by atoms with Crippen LogP contribution >= 0.6 is 0 Å². The van der Waals surface area contributed by atoms with Crippen molar-refractivity contribution in [2.45, 2.75) is 57.3 Å². The van der Waals surface area contributed by atoms with Crippen molar-refractivity contribution in [3.05, 3.63) is 48.0 Å². The number of carbonyl (C=O) groups excluding carboxylic acids is 3. The Labute approximate surface area is 169 Å². The van der Waals surface area contributed by atoms with Gasteiger partial charge in [0.2, 0.25) is 5.91 Å². The first-order valence-electron chi connectivity index (χ1n) is 9.65. The molecule has 8 nitrogen and oxygen atoms in total. The number of allylic oxidation sites excluding steroid dienone is 1. The minimum absolute atomic E-state index is 0.000395. The number of esters is 1. The van der Waals surface area contributed by atoms with E-state index in [1.165, 1.54) is 5.48 Å². The SMILES string of the molecule is C=C(C)C[C@@H](C(=O)N[C@H](C(=O)OC1CCCC1)c1ccccc1)[C@H](O)C(=O)NO. The van der Waals surface area contributed by atoms with Gasteiger partial charge < -0.3 is 15.2 Å². The maximum atomic E-state index is 12.9. The van der Waals surface area contributed by atoms with E-state index in [-0.39, 0.29) is 12.5 Å². The summed E-state index contributed by atoms with van der Waals surface area (Å²) in [5, 5.41) is 21.5. The minimum Gasteiger partial charge on any atom is -0.461 e. The molecular formula is C21H28N2O6. The molecular weight excluding hydrogens is 376 g/mol. The summed E-state index contributed by atoms with van der Waals surface area (Å²) in [6.07, 6.45) is 1.57. The van der Waals surface area contributed by atoms with Gasteiger partial charge in [0.25, 0.3) is 5.91 Å². The molecule has 0 heterocycles. The van der Waals surface area contributed by atoms with Crippen molar-refractivity contribution in [3.63, 3.8) is 0 Å². The summed E-state index contributed by atoms with van der Waals surface area (Å²) >= 11 is 0. The van der Waals surface area contributed by atoms with Crippen molar-refractivity contribution >= 4 is 17.8 Å². The highest BCUT2D eigenvalue weighted by atomic mass is 16.5. The number of benzene rings is 1. The van der Waals surface area contributed by atoms with Crippen LogP contribution in [0.3, 0.4) is 0 Å². The van der Waals surface area contributed by atoms with Gasteiger partial charge in [-0.05, 0) is 44.6 Å². The van der Waals surface area contributed by atoms with Gasteiger partial charge in [0.1, 0.15) is 12.2 Å². The second-order valence-corrected chi connectivity index (χ2v) is 7.38. The van der Waals surface area contributed by atoms with E-state index < -0.39 is 35.8 Å². The van der Waals surface area contributed by atoms with E-state index in [0.29, 0.717) is 11.1 Å². The third-order valence-electron chi connectivity index (χ3n) is 4.91. The fourth-order valence-electron chi connectivity index (χ4n) is 3.38. The van der Waals surface area contributed by atoms with Gasteiger partial charge in [-0.1, -0.05) is 35.9 Å². The third-order valence-corrected chi connectivity index (χ3v) is 4.91. The summed E-state index contributed by atoms with van der Waals surface area (Å²) in [5.74, 6) is -3.66. The van der Waals surface area contributed by atoms with E-state index in [2.05, 4.69) is 11.9 Å². The van der Waals surface area contributed by atoms with Crippen LogP contribution in [0, 0.1) is 5.92 Å². The van der Waals surface area contributed by atoms with E-state index in [1.54, 1.807) is 37.3 Å². The zero-order chi connectivity index (χ0) is 21.4. The molecule has 0 spiro atoms. The molecule has 1 aliphatic carbocycles. The number of ether oxygens (including phenoxy) is 1. The molecule has 0 aliphatic heterocycles. The van der Waals surface area contributed by atoms with Gasteiger partial charge >= 0.3 is 5.97 Å². The van der Waals surface area contributed by atoms with Crippen LogP contribution in [0.25, 0.3) is 0 Å². The Kier molecular flexibility index (Phi) is 8.35. The number of aliphatic hydroxyl groups excluding tert-OH is 1. The Bertz CT molecular complexity index is 730. The molecule has 4 N–H and O–H groups in total. The maximum Gasteiger partial charge on any atom is 0.333 e. The number of hydrogen-bond donors (Lipinski definition) is 4. The van der Waals surface area contributed by atoms with Crippen molar-refractivity contribution in [2.75, 3.05) is 0 Å². The summed E-state index contributed by atoms with van der Waals surface area (Å²) in [7, 11) is 0. The molecule has 8 heteroatoms. The fraction of sp³-hybridized carbons (Fsp3) is 0.476. The van der Waals surface area contributed by atoms with Crippen molar-refractivity contribution in [1.29, 1.82) is 0 Å². The summed E-state index contributed by atoms with van der Waals surface area (Å²) < 4.78 is 5.57. The number of nitrogens with one attached hydrogen (secondary N) is 2. The lowest BCUT2D eigenvalue weighted by Crippen LogP contribution is -2.47. The van der Waals surface area contributed by atoms with Crippen LogP contribution in [0.15, 0.2) is 42.5 Å². The monoisotopic (exact) mass is 404 g/mol. The first-order valence-corrected chi connectivity index (χ1v) is 9.65. The number of aliphatic hydroxyl groups is 1. The third kappa shape index (κ3) is 6.40. The zero-order valence-corrected chi connectivity index (χ0v) is 16.5. The predicted octanol–water partition coefficient (Wildman–Crippen LogP) is 1.78. The first-order chi connectivity index (χ1) is 13.8. The number of rotatable bonds is 9. The molecule has 2 amide bonds. The van der Waals surface area contributed by atoms with Gasteiger partial charge in [0.05, 0.1) is 5.92 Å². The zero-order valence-electron chi connectivity index (χ0n) is 16.5. The van der Waals surface area contributed by atoms with Crippen molar-refractivity contribution in [3.8, 4) is 0 Å². The van der Waals surface area contributed by atoms with Crippen LogP contribution in [-0.2, 0) is 19.1 Å². The van der Waals surface area contributed by atoms with Crippen LogP contribution in [0.2, 0.25) is 0 Å². The summed E-state index contributed by atoms with van der Waals surface area (Å²) in [6, 6.07) is 7.54. The largest absolute Gasteiger partial charge is 0.461 e. The molecule has 29 heavy (non-hydrogen) atoms. The Morgan fingerprint density at radius 1 is 1.17 bits per heavy atom. The molecule has 1 saturated carbocycles. The Hall–Kier alpha value is -2.71. The summed E-state index contributed by atoms with van der Waals surface area (Å²) in [5.41, 5.74) is 2.42. The Morgan fingerprint density at radius 3 is 2.34 bits per heavy atom. The van der Waals surface area contributed by atoms with Gasteiger partial charge in [0, 0.05) is 0 Å².